The van der Waals surface area contributed by atoms with Gasteiger partial charge in [-0.3, -0.25) is 14.5 Å². The first-order chi connectivity index (χ1) is 15.3. The van der Waals surface area contributed by atoms with Gasteiger partial charge in [-0.15, -0.1) is 0 Å². The minimum Gasteiger partial charge on any atom is -0.507 e. The molecule has 3 aromatic rings. The highest BCUT2D eigenvalue weighted by Gasteiger charge is 2.48. The van der Waals surface area contributed by atoms with Crippen LogP contribution in [0, 0.1) is 6.92 Å². The Morgan fingerprint density at radius 2 is 1.84 bits per heavy atom. The third-order valence-electron chi connectivity index (χ3n) is 5.19. The van der Waals surface area contributed by atoms with Gasteiger partial charge in [-0.25, -0.2) is 0 Å². The van der Waals surface area contributed by atoms with Gasteiger partial charge in [-0.1, -0.05) is 17.7 Å². The van der Waals surface area contributed by atoms with Gasteiger partial charge in [-0.05, 0) is 74.9 Å². The number of hydrogen-bond acceptors (Lipinski definition) is 5. The number of aryl methyl sites for hydroxylation is 1. The molecule has 4 rings (SSSR count). The molecule has 0 saturated carbocycles. The van der Waals surface area contributed by atoms with Gasteiger partial charge < -0.3 is 14.3 Å². The molecule has 0 spiro atoms. The molecule has 1 unspecified atom stereocenters. The lowest BCUT2D eigenvalue weighted by Crippen LogP contribution is -2.30. The molecular weight excluding hydrogens is 430 g/mol. The molecule has 1 saturated heterocycles. The van der Waals surface area contributed by atoms with E-state index >= 15 is 0 Å². The highest BCUT2D eigenvalue weighted by Crippen LogP contribution is 2.43. The minimum atomic E-state index is -0.936. The monoisotopic (exact) mass is 451 g/mol. The summed E-state index contributed by atoms with van der Waals surface area (Å²) in [7, 11) is 0. The van der Waals surface area contributed by atoms with Crippen LogP contribution >= 0.6 is 11.6 Å². The van der Waals surface area contributed by atoms with Crippen molar-refractivity contribution in [1.82, 2.24) is 0 Å². The first kappa shape index (κ1) is 21.7. The van der Waals surface area contributed by atoms with Crippen molar-refractivity contribution in [2.24, 2.45) is 0 Å². The Kier molecular flexibility index (Phi) is 5.80. The van der Waals surface area contributed by atoms with E-state index in [4.69, 9.17) is 20.8 Å². The highest BCUT2D eigenvalue weighted by molar-refractivity contribution is 6.51. The van der Waals surface area contributed by atoms with Crippen LogP contribution in [0.2, 0.25) is 5.02 Å². The number of carbonyl (C=O) groups is 2. The smallest absolute Gasteiger partial charge is 0.300 e. The first-order valence-corrected chi connectivity index (χ1v) is 10.5. The molecule has 1 amide bonds. The van der Waals surface area contributed by atoms with E-state index in [1.807, 2.05) is 20.8 Å². The van der Waals surface area contributed by atoms with Crippen molar-refractivity contribution in [3.63, 3.8) is 0 Å². The molecular formula is C25H22ClNO5. The molecule has 7 heteroatoms. The van der Waals surface area contributed by atoms with Crippen molar-refractivity contribution in [3.8, 4) is 5.75 Å². The summed E-state index contributed by atoms with van der Waals surface area (Å²) in [4.78, 5) is 27.6. The molecule has 32 heavy (non-hydrogen) atoms. The number of ether oxygens (including phenoxy) is 1. The van der Waals surface area contributed by atoms with Crippen LogP contribution in [-0.4, -0.2) is 22.9 Å². The molecule has 1 fully saturated rings. The number of rotatable bonds is 5. The molecule has 1 aromatic heterocycles. The second-order valence-electron chi connectivity index (χ2n) is 7.81. The molecule has 6 nitrogen and oxygen atoms in total. The van der Waals surface area contributed by atoms with Crippen molar-refractivity contribution >= 4 is 34.7 Å². The number of halogens is 1. The average molecular weight is 452 g/mol. The number of Topliss-reactive ketones (excluding diaryl/α,β-unsaturated/α-hetero) is 1. The van der Waals surface area contributed by atoms with E-state index in [1.165, 1.54) is 11.2 Å². The summed E-state index contributed by atoms with van der Waals surface area (Å²) in [6.07, 6.45) is 1.46. The van der Waals surface area contributed by atoms with Gasteiger partial charge in [0.1, 0.15) is 23.3 Å². The minimum absolute atomic E-state index is 0.000315. The maximum Gasteiger partial charge on any atom is 0.300 e. The van der Waals surface area contributed by atoms with Crippen LogP contribution in [0.1, 0.15) is 36.8 Å². The third kappa shape index (κ3) is 3.89. The van der Waals surface area contributed by atoms with Gasteiger partial charge >= 0.3 is 0 Å². The second kappa shape index (κ2) is 8.55. The number of ketones is 1. The van der Waals surface area contributed by atoms with E-state index in [2.05, 4.69) is 0 Å². The van der Waals surface area contributed by atoms with Gasteiger partial charge in [-0.2, -0.15) is 0 Å². The van der Waals surface area contributed by atoms with E-state index in [0.717, 1.165) is 5.56 Å². The lowest BCUT2D eigenvalue weighted by molar-refractivity contribution is -0.132. The summed E-state index contributed by atoms with van der Waals surface area (Å²) in [5.41, 5.74) is 1.56. The normalized spacial score (nSPS) is 17.9. The number of benzene rings is 2. The molecule has 2 heterocycles. The molecule has 1 atom stereocenters. The molecule has 164 valence electrons. The Bertz CT molecular complexity index is 1200. The van der Waals surface area contributed by atoms with Gasteiger partial charge in [0.2, 0.25) is 0 Å². The maximum absolute atomic E-state index is 13.1. The summed E-state index contributed by atoms with van der Waals surface area (Å²) in [6, 6.07) is 14.2. The predicted octanol–water partition coefficient (Wildman–Crippen LogP) is 5.65. The molecule has 1 N–H and O–H groups in total. The predicted molar refractivity (Wildman–Crippen MR) is 122 cm³/mol. The van der Waals surface area contributed by atoms with Crippen molar-refractivity contribution in [2.45, 2.75) is 32.9 Å². The highest BCUT2D eigenvalue weighted by atomic mass is 35.5. The van der Waals surface area contributed by atoms with Crippen LogP contribution in [-0.2, 0) is 9.59 Å². The number of aliphatic hydroxyl groups is 1. The number of anilines is 1. The molecule has 1 aliphatic heterocycles. The van der Waals surface area contributed by atoms with Gasteiger partial charge in [0.25, 0.3) is 11.7 Å². The van der Waals surface area contributed by atoms with Crippen LogP contribution in [0.15, 0.2) is 70.9 Å². The molecule has 0 aliphatic carbocycles. The fourth-order valence-corrected chi connectivity index (χ4v) is 3.92. The van der Waals surface area contributed by atoms with E-state index < -0.39 is 17.7 Å². The zero-order valence-corrected chi connectivity index (χ0v) is 18.6. The SMILES string of the molecule is Cc1ccc(Cl)cc1N1C(=O)C(=O)/C(=C(\O)c2ccc(OC(C)C)cc2)C1c1ccco1. The standard InChI is InChI=1S/C25H22ClNO5/c1-14(2)32-18-10-7-16(8-11-18)23(28)21-22(20-5-4-12-31-20)27(25(30)24(21)29)19-13-17(26)9-6-15(19)3/h4-14,22,28H,1-3H3/b23-21-. The van der Waals surface area contributed by atoms with E-state index in [0.29, 0.717) is 27.8 Å². The Morgan fingerprint density at radius 1 is 1.12 bits per heavy atom. The zero-order valence-electron chi connectivity index (χ0n) is 17.8. The number of furan rings is 1. The topological polar surface area (TPSA) is 80.0 Å². The van der Waals surface area contributed by atoms with Gasteiger partial charge in [0, 0.05) is 16.3 Å². The second-order valence-corrected chi connectivity index (χ2v) is 8.24. The summed E-state index contributed by atoms with van der Waals surface area (Å²) in [5, 5.41) is 11.5. The van der Waals surface area contributed by atoms with Crippen LogP contribution in [0.3, 0.4) is 0 Å². The van der Waals surface area contributed by atoms with Gasteiger partial charge in [0.05, 0.1) is 17.9 Å². The molecule has 2 aromatic carbocycles. The first-order valence-electron chi connectivity index (χ1n) is 10.2. The zero-order chi connectivity index (χ0) is 23.0. The van der Waals surface area contributed by atoms with Crippen molar-refractivity contribution in [1.29, 1.82) is 0 Å². The molecule has 0 radical (unpaired) electrons. The van der Waals surface area contributed by atoms with Crippen LogP contribution in [0.5, 0.6) is 5.75 Å². The fourth-order valence-electron chi connectivity index (χ4n) is 3.76. The van der Waals surface area contributed by atoms with Crippen LogP contribution in [0.25, 0.3) is 5.76 Å². The number of carbonyl (C=O) groups excluding carboxylic acids is 2. The Balaban J connectivity index is 1.86. The Hall–Kier alpha value is -3.51. The maximum atomic E-state index is 13.1. The fraction of sp³-hybridized carbons (Fsp3) is 0.200. The summed E-state index contributed by atoms with van der Waals surface area (Å²) in [6.45, 7) is 5.64. The summed E-state index contributed by atoms with van der Waals surface area (Å²) >= 11 is 6.18. The van der Waals surface area contributed by atoms with Gasteiger partial charge in [0.15, 0.2) is 0 Å². The lowest BCUT2D eigenvalue weighted by Gasteiger charge is -2.25. The molecule has 0 bridgehead atoms. The number of aliphatic hydroxyl groups excluding tert-OH is 1. The lowest BCUT2D eigenvalue weighted by atomic mass is 9.99. The van der Waals surface area contributed by atoms with E-state index in [9.17, 15) is 14.7 Å². The summed E-state index contributed by atoms with van der Waals surface area (Å²) in [5.74, 6) is -0.870. The Morgan fingerprint density at radius 3 is 2.47 bits per heavy atom. The quantitative estimate of drug-likeness (QED) is 0.308. The Labute approximate surface area is 190 Å². The molecule has 1 aliphatic rings. The van der Waals surface area contributed by atoms with Crippen LogP contribution in [0.4, 0.5) is 5.69 Å². The van der Waals surface area contributed by atoms with Crippen LogP contribution < -0.4 is 9.64 Å². The van der Waals surface area contributed by atoms with E-state index in [-0.39, 0.29) is 17.4 Å². The number of amides is 1. The summed E-state index contributed by atoms with van der Waals surface area (Å²) < 4.78 is 11.2. The van der Waals surface area contributed by atoms with Crippen molar-refractivity contribution in [3.05, 3.63) is 88.3 Å². The average Bonchev–Trinajstić information content (AvgIpc) is 3.37. The van der Waals surface area contributed by atoms with Crippen molar-refractivity contribution in [2.75, 3.05) is 4.90 Å². The largest absolute Gasteiger partial charge is 0.507 e. The number of hydrogen-bond donors (Lipinski definition) is 1. The van der Waals surface area contributed by atoms with E-state index in [1.54, 1.807) is 54.6 Å². The number of nitrogens with zero attached hydrogens (tertiary/aromatic N) is 1. The van der Waals surface area contributed by atoms with Crippen molar-refractivity contribution < 1.29 is 23.8 Å². The third-order valence-corrected chi connectivity index (χ3v) is 5.42.